The van der Waals surface area contributed by atoms with Gasteiger partial charge >= 0.3 is 0 Å². The molecule has 2 heterocycles. The largest absolute Gasteiger partial charge is 0.390 e. The minimum atomic E-state index is -0.132. The van der Waals surface area contributed by atoms with Crippen molar-refractivity contribution in [2.45, 2.75) is 6.61 Å². The molecule has 3 aromatic rings. The molecule has 0 unspecified atom stereocenters. The maximum Gasteiger partial charge on any atom is 0.180 e. The van der Waals surface area contributed by atoms with Crippen LogP contribution in [0.25, 0.3) is 16.7 Å². The summed E-state index contributed by atoms with van der Waals surface area (Å²) in [5.74, 6) is 0.336. The van der Waals surface area contributed by atoms with Crippen molar-refractivity contribution in [1.29, 1.82) is 0 Å². The van der Waals surface area contributed by atoms with Crippen LogP contribution in [0.5, 0.6) is 0 Å². The Bertz CT molecular complexity index is 674. The van der Waals surface area contributed by atoms with E-state index in [1.807, 2.05) is 28.7 Å². The smallest absolute Gasteiger partial charge is 0.180 e. The third kappa shape index (κ3) is 1.15. The minimum absolute atomic E-state index is 0.132. The zero-order chi connectivity index (χ0) is 11.1. The van der Waals surface area contributed by atoms with Crippen LogP contribution in [0.3, 0.4) is 0 Å². The van der Waals surface area contributed by atoms with Gasteiger partial charge < -0.3 is 10.8 Å². The Morgan fingerprint density at radius 2 is 2.06 bits per heavy atom. The van der Waals surface area contributed by atoms with Gasteiger partial charge in [-0.3, -0.25) is 4.40 Å². The zero-order valence-electron chi connectivity index (χ0n) is 8.46. The van der Waals surface area contributed by atoms with E-state index in [1.165, 1.54) is 0 Å². The van der Waals surface area contributed by atoms with Crippen LogP contribution in [-0.4, -0.2) is 19.5 Å². The Labute approximate surface area is 91.2 Å². The first kappa shape index (κ1) is 9.11. The molecule has 0 spiro atoms. The SMILES string of the molecule is Nc1nc(CO)cn2c1nc1ccccc12. The van der Waals surface area contributed by atoms with Gasteiger partial charge in [-0.2, -0.15) is 0 Å². The number of anilines is 1. The lowest BCUT2D eigenvalue weighted by Gasteiger charge is -2.01. The van der Waals surface area contributed by atoms with Crippen molar-refractivity contribution in [1.82, 2.24) is 14.4 Å². The number of nitrogen functional groups attached to an aromatic ring is 1. The van der Waals surface area contributed by atoms with Crippen LogP contribution in [0.1, 0.15) is 5.69 Å². The molecule has 3 rings (SSSR count). The molecule has 0 aliphatic carbocycles. The number of aliphatic hydroxyl groups is 1. The van der Waals surface area contributed by atoms with E-state index >= 15 is 0 Å². The second kappa shape index (κ2) is 3.18. The van der Waals surface area contributed by atoms with Gasteiger partial charge in [-0.05, 0) is 12.1 Å². The van der Waals surface area contributed by atoms with Gasteiger partial charge in [0, 0.05) is 6.20 Å². The summed E-state index contributed by atoms with van der Waals surface area (Å²) in [4.78, 5) is 8.44. The summed E-state index contributed by atoms with van der Waals surface area (Å²) in [6.07, 6.45) is 1.75. The van der Waals surface area contributed by atoms with Crippen LogP contribution in [0.4, 0.5) is 5.82 Å². The molecular weight excluding hydrogens is 204 g/mol. The molecule has 0 aliphatic heterocycles. The molecule has 5 heteroatoms. The fraction of sp³-hybridized carbons (Fsp3) is 0.0909. The number of benzene rings is 1. The Balaban J connectivity index is 2.51. The topological polar surface area (TPSA) is 76.4 Å². The summed E-state index contributed by atoms with van der Waals surface area (Å²) < 4.78 is 1.85. The Kier molecular flexibility index (Phi) is 1.81. The Morgan fingerprint density at radius 1 is 1.25 bits per heavy atom. The fourth-order valence-electron chi connectivity index (χ4n) is 1.81. The zero-order valence-corrected chi connectivity index (χ0v) is 8.46. The van der Waals surface area contributed by atoms with Gasteiger partial charge in [0.1, 0.15) is 0 Å². The Hall–Kier alpha value is -2.14. The van der Waals surface area contributed by atoms with E-state index in [0.29, 0.717) is 17.2 Å². The highest BCUT2D eigenvalue weighted by molar-refractivity contribution is 5.83. The Morgan fingerprint density at radius 3 is 2.88 bits per heavy atom. The van der Waals surface area contributed by atoms with Crippen molar-refractivity contribution in [2.75, 3.05) is 5.73 Å². The number of aliphatic hydroxyl groups excluding tert-OH is 1. The molecule has 2 aromatic heterocycles. The first-order valence-electron chi connectivity index (χ1n) is 4.92. The maximum absolute atomic E-state index is 9.08. The van der Waals surface area contributed by atoms with E-state index in [4.69, 9.17) is 10.8 Å². The number of nitrogens with two attached hydrogens (primary N) is 1. The summed E-state index contributed by atoms with van der Waals surface area (Å²) in [5.41, 5.74) is 8.78. The predicted octanol–water partition coefficient (Wildman–Crippen LogP) is 0.957. The van der Waals surface area contributed by atoms with Crippen molar-refractivity contribution >= 4 is 22.5 Å². The molecule has 0 amide bonds. The third-order valence-corrected chi connectivity index (χ3v) is 2.53. The number of nitrogens with zero attached hydrogens (tertiary/aromatic N) is 3. The highest BCUT2D eigenvalue weighted by Gasteiger charge is 2.08. The first-order valence-corrected chi connectivity index (χ1v) is 4.92. The summed E-state index contributed by atoms with van der Waals surface area (Å²) in [6.45, 7) is -0.132. The van der Waals surface area contributed by atoms with E-state index in [-0.39, 0.29) is 6.61 Å². The molecule has 1 aromatic carbocycles. The van der Waals surface area contributed by atoms with Gasteiger partial charge in [0.15, 0.2) is 11.5 Å². The highest BCUT2D eigenvalue weighted by Crippen LogP contribution is 2.19. The first-order chi connectivity index (χ1) is 7.79. The second-order valence-electron chi connectivity index (χ2n) is 3.57. The quantitative estimate of drug-likeness (QED) is 0.632. The minimum Gasteiger partial charge on any atom is -0.390 e. The average Bonchev–Trinajstić information content (AvgIpc) is 2.68. The van der Waals surface area contributed by atoms with Gasteiger partial charge in [0.2, 0.25) is 0 Å². The third-order valence-electron chi connectivity index (χ3n) is 2.53. The van der Waals surface area contributed by atoms with Gasteiger partial charge in [0.25, 0.3) is 0 Å². The average molecular weight is 214 g/mol. The van der Waals surface area contributed by atoms with Crippen LogP contribution >= 0.6 is 0 Å². The number of aromatic nitrogens is 3. The van der Waals surface area contributed by atoms with Crippen LogP contribution in [0.15, 0.2) is 30.5 Å². The van der Waals surface area contributed by atoms with Crippen molar-refractivity contribution in [3.8, 4) is 0 Å². The molecule has 0 aliphatic rings. The number of fused-ring (bicyclic) bond motifs is 3. The number of hydrogen-bond acceptors (Lipinski definition) is 4. The summed E-state index contributed by atoms with van der Waals surface area (Å²) in [5, 5.41) is 9.08. The number of para-hydroxylation sites is 2. The number of hydrogen-bond donors (Lipinski definition) is 2. The molecule has 0 fully saturated rings. The van der Waals surface area contributed by atoms with Gasteiger partial charge in [-0.1, -0.05) is 12.1 Å². The second-order valence-corrected chi connectivity index (χ2v) is 3.57. The lowest BCUT2D eigenvalue weighted by Crippen LogP contribution is -2.01. The van der Waals surface area contributed by atoms with Crippen LogP contribution in [-0.2, 0) is 6.61 Å². The van der Waals surface area contributed by atoms with Crippen LogP contribution in [0, 0.1) is 0 Å². The molecule has 0 saturated carbocycles. The standard InChI is InChI=1S/C11H10N4O/c12-10-11-14-8-3-1-2-4-9(8)15(11)5-7(6-16)13-10/h1-5,16H,6H2,(H2,12,13). The molecule has 16 heavy (non-hydrogen) atoms. The predicted molar refractivity (Wildman–Crippen MR) is 60.8 cm³/mol. The van der Waals surface area contributed by atoms with E-state index in [0.717, 1.165) is 11.0 Å². The number of imidazole rings is 1. The lowest BCUT2D eigenvalue weighted by molar-refractivity contribution is 0.276. The summed E-state index contributed by atoms with van der Waals surface area (Å²) in [6, 6.07) is 7.73. The van der Waals surface area contributed by atoms with E-state index in [1.54, 1.807) is 6.20 Å². The molecule has 0 atom stereocenters. The number of rotatable bonds is 1. The lowest BCUT2D eigenvalue weighted by atomic mass is 10.3. The molecule has 5 nitrogen and oxygen atoms in total. The molecule has 80 valence electrons. The van der Waals surface area contributed by atoms with Gasteiger partial charge in [-0.15, -0.1) is 0 Å². The summed E-state index contributed by atoms with van der Waals surface area (Å²) >= 11 is 0. The fourth-order valence-corrected chi connectivity index (χ4v) is 1.81. The van der Waals surface area contributed by atoms with E-state index in [9.17, 15) is 0 Å². The normalized spacial score (nSPS) is 11.3. The monoisotopic (exact) mass is 214 g/mol. The van der Waals surface area contributed by atoms with Gasteiger partial charge in [0.05, 0.1) is 23.3 Å². The molecular formula is C11H10N4O. The molecule has 0 radical (unpaired) electrons. The van der Waals surface area contributed by atoms with Crippen LogP contribution in [0.2, 0.25) is 0 Å². The maximum atomic E-state index is 9.08. The van der Waals surface area contributed by atoms with Crippen LogP contribution < -0.4 is 5.73 Å². The van der Waals surface area contributed by atoms with Gasteiger partial charge in [-0.25, -0.2) is 9.97 Å². The molecule has 0 saturated heterocycles. The molecule has 0 bridgehead atoms. The van der Waals surface area contributed by atoms with Crippen molar-refractivity contribution in [2.24, 2.45) is 0 Å². The summed E-state index contributed by atoms with van der Waals surface area (Å²) in [7, 11) is 0. The highest BCUT2D eigenvalue weighted by atomic mass is 16.3. The van der Waals surface area contributed by atoms with Crippen molar-refractivity contribution in [3.05, 3.63) is 36.2 Å². The van der Waals surface area contributed by atoms with Crippen molar-refractivity contribution < 1.29 is 5.11 Å². The van der Waals surface area contributed by atoms with E-state index < -0.39 is 0 Å². The van der Waals surface area contributed by atoms with Crippen molar-refractivity contribution in [3.63, 3.8) is 0 Å². The molecule has 3 N–H and O–H groups in total. The van der Waals surface area contributed by atoms with E-state index in [2.05, 4.69) is 9.97 Å².